The summed E-state index contributed by atoms with van der Waals surface area (Å²) in [7, 11) is 1.89. The normalized spacial score (nSPS) is 13.1. The number of carboxylic acid groups (broad SMARTS) is 1. The van der Waals surface area contributed by atoms with E-state index in [0.29, 0.717) is 11.4 Å². The SMILES string of the molecule is CNCC(c1nc(C(=O)O)c2ccccn12)C(C)C. The van der Waals surface area contributed by atoms with Crippen molar-refractivity contribution in [3.05, 3.63) is 35.9 Å². The Morgan fingerprint density at radius 2 is 2.21 bits per heavy atom. The molecule has 0 aromatic carbocycles. The topological polar surface area (TPSA) is 66.6 Å². The Kier molecular flexibility index (Phi) is 3.85. The highest BCUT2D eigenvalue weighted by Crippen LogP contribution is 2.25. The van der Waals surface area contributed by atoms with E-state index in [9.17, 15) is 9.90 Å². The number of hydrogen-bond acceptors (Lipinski definition) is 3. The number of aromatic carboxylic acids is 1. The summed E-state index contributed by atoms with van der Waals surface area (Å²) in [5.41, 5.74) is 0.768. The van der Waals surface area contributed by atoms with Crippen LogP contribution in [0, 0.1) is 5.92 Å². The van der Waals surface area contributed by atoms with E-state index >= 15 is 0 Å². The molecule has 1 unspecified atom stereocenters. The van der Waals surface area contributed by atoms with E-state index in [1.54, 1.807) is 6.07 Å². The number of fused-ring (bicyclic) bond motifs is 1. The number of rotatable bonds is 5. The maximum Gasteiger partial charge on any atom is 0.356 e. The molecule has 0 saturated carbocycles. The van der Waals surface area contributed by atoms with Crippen molar-refractivity contribution in [2.75, 3.05) is 13.6 Å². The van der Waals surface area contributed by atoms with E-state index in [2.05, 4.69) is 24.1 Å². The van der Waals surface area contributed by atoms with Gasteiger partial charge in [0.15, 0.2) is 5.69 Å². The predicted molar refractivity (Wildman–Crippen MR) is 73.7 cm³/mol. The lowest BCUT2D eigenvalue weighted by Crippen LogP contribution is -2.23. The van der Waals surface area contributed by atoms with Gasteiger partial charge in [0.1, 0.15) is 5.82 Å². The van der Waals surface area contributed by atoms with Gasteiger partial charge in [-0.15, -0.1) is 0 Å². The minimum Gasteiger partial charge on any atom is -0.476 e. The lowest BCUT2D eigenvalue weighted by Gasteiger charge is -2.19. The molecule has 2 aromatic heterocycles. The number of carboxylic acids is 1. The first-order valence-electron chi connectivity index (χ1n) is 6.41. The fourth-order valence-electron chi connectivity index (χ4n) is 2.33. The number of carbonyl (C=O) groups is 1. The van der Waals surface area contributed by atoms with Crippen LogP contribution in [0.1, 0.15) is 36.1 Å². The Balaban J connectivity index is 2.62. The number of nitrogens with zero attached hydrogens (tertiary/aromatic N) is 2. The fraction of sp³-hybridized carbons (Fsp3) is 0.429. The average Bonchev–Trinajstić information content (AvgIpc) is 2.75. The summed E-state index contributed by atoms with van der Waals surface area (Å²) in [6, 6.07) is 5.51. The van der Waals surface area contributed by atoms with E-state index in [0.717, 1.165) is 12.4 Å². The van der Waals surface area contributed by atoms with Gasteiger partial charge in [0, 0.05) is 18.7 Å². The molecule has 0 saturated heterocycles. The van der Waals surface area contributed by atoms with Crippen LogP contribution in [0.2, 0.25) is 0 Å². The van der Waals surface area contributed by atoms with Gasteiger partial charge in [0.25, 0.3) is 0 Å². The molecule has 19 heavy (non-hydrogen) atoms. The molecule has 0 amide bonds. The summed E-state index contributed by atoms with van der Waals surface area (Å²) >= 11 is 0. The van der Waals surface area contributed by atoms with Gasteiger partial charge in [0.2, 0.25) is 0 Å². The number of likely N-dealkylation sites (N-methyl/N-ethyl adjacent to an activating group) is 1. The van der Waals surface area contributed by atoms with Crippen molar-refractivity contribution in [1.29, 1.82) is 0 Å². The highest BCUT2D eigenvalue weighted by Gasteiger charge is 2.24. The van der Waals surface area contributed by atoms with Crippen LogP contribution in [-0.2, 0) is 0 Å². The van der Waals surface area contributed by atoms with Crippen LogP contribution in [0.3, 0.4) is 0 Å². The van der Waals surface area contributed by atoms with Crippen molar-refractivity contribution in [3.63, 3.8) is 0 Å². The molecule has 0 fully saturated rings. The number of hydrogen-bond donors (Lipinski definition) is 2. The zero-order chi connectivity index (χ0) is 14.0. The molecule has 5 nitrogen and oxygen atoms in total. The molecule has 2 aromatic rings. The second-order valence-corrected chi connectivity index (χ2v) is 4.99. The van der Waals surface area contributed by atoms with Crippen LogP contribution in [0.25, 0.3) is 5.52 Å². The number of imidazole rings is 1. The summed E-state index contributed by atoms with van der Waals surface area (Å²) in [5, 5.41) is 12.4. The molecule has 0 aliphatic carbocycles. The Labute approximate surface area is 112 Å². The van der Waals surface area contributed by atoms with Crippen LogP contribution >= 0.6 is 0 Å². The molecular weight excluding hydrogens is 242 g/mol. The largest absolute Gasteiger partial charge is 0.476 e. The van der Waals surface area contributed by atoms with Crippen LogP contribution in [0.5, 0.6) is 0 Å². The monoisotopic (exact) mass is 261 g/mol. The second kappa shape index (κ2) is 5.40. The summed E-state index contributed by atoms with van der Waals surface area (Å²) in [6.45, 7) is 5.00. The van der Waals surface area contributed by atoms with Crippen molar-refractivity contribution < 1.29 is 9.90 Å². The van der Waals surface area contributed by atoms with Crippen LogP contribution in [0.15, 0.2) is 24.4 Å². The first-order valence-corrected chi connectivity index (χ1v) is 6.41. The third kappa shape index (κ3) is 2.46. The highest BCUT2D eigenvalue weighted by atomic mass is 16.4. The van der Waals surface area contributed by atoms with Crippen molar-refractivity contribution in [2.24, 2.45) is 5.92 Å². The van der Waals surface area contributed by atoms with Gasteiger partial charge in [-0.05, 0) is 25.1 Å². The molecule has 2 heterocycles. The predicted octanol–water partition coefficient (Wildman–Crippen LogP) is 1.99. The lowest BCUT2D eigenvalue weighted by atomic mass is 9.95. The zero-order valence-corrected chi connectivity index (χ0v) is 11.4. The van der Waals surface area contributed by atoms with Gasteiger partial charge < -0.3 is 14.8 Å². The molecule has 0 spiro atoms. The first-order chi connectivity index (χ1) is 9.06. The fourth-order valence-corrected chi connectivity index (χ4v) is 2.33. The minimum atomic E-state index is -0.984. The molecule has 0 aliphatic rings. The van der Waals surface area contributed by atoms with Crippen LogP contribution < -0.4 is 5.32 Å². The van der Waals surface area contributed by atoms with E-state index < -0.39 is 5.97 Å². The zero-order valence-electron chi connectivity index (χ0n) is 11.4. The van der Waals surface area contributed by atoms with Gasteiger partial charge in [-0.2, -0.15) is 0 Å². The molecule has 5 heteroatoms. The van der Waals surface area contributed by atoms with Crippen molar-refractivity contribution in [1.82, 2.24) is 14.7 Å². The minimum absolute atomic E-state index is 0.123. The van der Waals surface area contributed by atoms with Gasteiger partial charge in [-0.25, -0.2) is 9.78 Å². The number of nitrogens with one attached hydrogen (secondary N) is 1. The maximum atomic E-state index is 11.3. The van der Waals surface area contributed by atoms with E-state index in [1.165, 1.54) is 0 Å². The van der Waals surface area contributed by atoms with Crippen molar-refractivity contribution >= 4 is 11.5 Å². The van der Waals surface area contributed by atoms with Gasteiger partial charge in [0.05, 0.1) is 5.52 Å². The molecular formula is C14H19N3O2. The summed E-state index contributed by atoms with van der Waals surface area (Å²) in [6.07, 6.45) is 1.87. The highest BCUT2D eigenvalue weighted by molar-refractivity contribution is 5.93. The standard InChI is InChI=1S/C14H19N3O2/c1-9(2)10(8-15-3)13-16-12(14(18)19)11-6-4-5-7-17(11)13/h4-7,9-10,15H,8H2,1-3H3,(H,18,19). The first kappa shape index (κ1) is 13.5. The Morgan fingerprint density at radius 1 is 1.47 bits per heavy atom. The summed E-state index contributed by atoms with van der Waals surface area (Å²) in [5.74, 6) is 0.368. The van der Waals surface area contributed by atoms with Crippen LogP contribution in [-0.4, -0.2) is 34.1 Å². The quantitative estimate of drug-likeness (QED) is 0.863. The van der Waals surface area contributed by atoms with Gasteiger partial charge in [-0.3, -0.25) is 0 Å². The van der Waals surface area contributed by atoms with Gasteiger partial charge >= 0.3 is 5.97 Å². The lowest BCUT2D eigenvalue weighted by molar-refractivity contribution is 0.0693. The van der Waals surface area contributed by atoms with Crippen molar-refractivity contribution in [3.8, 4) is 0 Å². The average molecular weight is 261 g/mol. The number of pyridine rings is 1. The molecule has 0 radical (unpaired) electrons. The molecule has 0 bridgehead atoms. The smallest absolute Gasteiger partial charge is 0.356 e. The van der Waals surface area contributed by atoms with E-state index in [4.69, 9.17) is 0 Å². The molecule has 0 aliphatic heterocycles. The Morgan fingerprint density at radius 3 is 2.79 bits per heavy atom. The second-order valence-electron chi connectivity index (χ2n) is 4.99. The van der Waals surface area contributed by atoms with Crippen LogP contribution in [0.4, 0.5) is 0 Å². The van der Waals surface area contributed by atoms with Gasteiger partial charge in [-0.1, -0.05) is 19.9 Å². The maximum absolute atomic E-state index is 11.3. The summed E-state index contributed by atoms with van der Waals surface area (Å²) < 4.78 is 1.88. The van der Waals surface area contributed by atoms with E-state index in [1.807, 2.05) is 29.8 Å². The summed E-state index contributed by atoms with van der Waals surface area (Å²) in [4.78, 5) is 15.6. The third-order valence-electron chi connectivity index (χ3n) is 3.34. The molecule has 2 N–H and O–H groups in total. The Hall–Kier alpha value is -1.88. The molecule has 1 atom stereocenters. The molecule has 102 valence electrons. The van der Waals surface area contributed by atoms with E-state index in [-0.39, 0.29) is 11.6 Å². The third-order valence-corrected chi connectivity index (χ3v) is 3.34. The van der Waals surface area contributed by atoms with Crippen molar-refractivity contribution in [2.45, 2.75) is 19.8 Å². The Bertz CT molecular complexity index is 589. The number of aromatic nitrogens is 2. The molecule has 2 rings (SSSR count).